The lowest BCUT2D eigenvalue weighted by Gasteiger charge is -2.19. The number of amides is 1. The average molecular weight is 447 g/mol. The monoisotopic (exact) mass is 447 g/mol. The van der Waals surface area contributed by atoms with Gasteiger partial charge in [0.1, 0.15) is 11.5 Å². The second-order valence-corrected chi connectivity index (χ2v) is 7.35. The van der Waals surface area contributed by atoms with Gasteiger partial charge in [-0.2, -0.15) is 18.2 Å². The van der Waals surface area contributed by atoms with E-state index in [4.69, 9.17) is 14.0 Å². The molecule has 1 fully saturated rings. The van der Waals surface area contributed by atoms with E-state index in [-0.39, 0.29) is 42.8 Å². The van der Waals surface area contributed by atoms with Crippen LogP contribution in [0.4, 0.5) is 13.2 Å². The molecule has 1 saturated heterocycles. The average Bonchev–Trinajstić information content (AvgIpc) is 3.40. The van der Waals surface area contributed by atoms with Gasteiger partial charge in [0.25, 0.3) is 5.89 Å². The van der Waals surface area contributed by atoms with E-state index in [9.17, 15) is 18.0 Å². The molecule has 1 amide bonds. The molecular weight excluding hydrogens is 427 g/mol. The Morgan fingerprint density at radius 1 is 1.16 bits per heavy atom. The largest absolute Gasteiger partial charge is 0.497 e. The van der Waals surface area contributed by atoms with Gasteiger partial charge in [0, 0.05) is 31.5 Å². The first-order valence-electron chi connectivity index (χ1n) is 9.79. The molecule has 1 aromatic heterocycles. The van der Waals surface area contributed by atoms with Gasteiger partial charge in [0.05, 0.1) is 25.3 Å². The van der Waals surface area contributed by atoms with E-state index in [0.29, 0.717) is 22.9 Å². The first-order valence-corrected chi connectivity index (χ1v) is 9.79. The van der Waals surface area contributed by atoms with Crippen molar-refractivity contribution in [1.82, 2.24) is 15.0 Å². The first-order chi connectivity index (χ1) is 15.3. The number of likely N-dealkylation sites (tertiary alicyclic amines) is 1. The molecule has 1 atom stereocenters. The third-order valence-corrected chi connectivity index (χ3v) is 5.34. The summed E-state index contributed by atoms with van der Waals surface area (Å²) < 4.78 is 55.7. The number of methoxy groups -OCH3 is 2. The van der Waals surface area contributed by atoms with Crippen LogP contribution in [0.3, 0.4) is 0 Å². The van der Waals surface area contributed by atoms with E-state index >= 15 is 0 Å². The van der Waals surface area contributed by atoms with Crippen molar-refractivity contribution < 1.29 is 32.0 Å². The SMILES string of the molecule is COc1ccc(-c2nc(C3CC(=O)N(Cc4ccccc4C(F)(F)F)C3)no2)c(OC)c1. The minimum atomic E-state index is -4.49. The van der Waals surface area contributed by atoms with Gasteiger partial charge < -0.3 is 18.9 Å². The molecule has 0 spiro atoms. The standard InChI is InChI=1S/C22H20F3N3O4/c1-30-15-7-8-16(18(10-15)31-2)21-26-20(27-32-21)14-9-19(29)28(12-14)11-13-5-3-4-6-17(13)22(23,24)25/h3-8,10,14H,9,11-12H2,1-2H3. The van der Waals surface area contributed by atoms with Crippen molar-refractivity contribution in [2.24, 2.45) is 0 Å². The molecule has 0 N–H and O–H groups in total. The van der Waals surface area contributed by atoms with Crippen molar-refractivity contribution in [2.75, 3.05) is 20.8 Å². The fourth-order valence-electron chi connectivity index (χ4n) is 3.72. The Balaban J connectivity index is 1.52. The zero-order chi connectivity index (χ0) is 22.9. The molecule has 1 unspecified atom stereocenters. The van der Waals surface area contributed by atoms with Gasteiger partial charge in [-0.3, -0.25) is 4.79 Å². The minimum Gasteiger partial charge on any atom is -0.497 e. The van der Waals surface area contributed by atoms with E-state index in [1.54, 1.807) is 18.2 Å². The van der Waals surface area contributed by atoms with Crippen LogP contribution in [-0.2, 0) is 17.5 Å². The molecule has 168 valence electrons. The molecule has 0 saturated carbocycles. The molecule has 7 nitrogen and oxygen atoms in total. The Kier molecular flexibility index (Phi) is 5.77. The minimum absolute atomic E-state index is 0.0470. The van der Waals surface area contributed by atoms with E-state index in [1.165, 1.54) is 37.3 Å². The van der Waals surface area contributed by atoms with Gasteiger partial charge >= 0.3 is 6.18 Å². The number of alkyl halides is 3. The smallest absolute Gasteiger partial charge is 0.416 e. The van der Waals surface area contributed by atoms with E-state index in [1.807, 2.05) is 0 Å². The van der Waals surface area contributed by atoms with Crippen LogP contribution >= 0.6 is 0 Å². The molecule has 10 heteroatoms. The summed E-state index contributed by atoms with van der Waals surface area (Å²) in [5.41, 5.74) is -0.136. The van der Waals surface area contributed by atoms with Crippen molar-refractivity contribution in [3.8, 4) is 23.0 Å². The number of rotatable bonds is 6. The lowest BCUT2D eigenvalue weighted by Crippen LogP contribution is -2.26. The van der Waals surface area contributed by atoms with Crippen molar-refractivity contribution in [3.63, 3.8) is 0 Å². The number of carbonyl (C=O) groups excluding carboxylic acids is 1. The van der Waals surface area contributed by atoms with Gasteiger partial charge in [-0.25, -0.2) is 0 Å². The van der Waals surface area contributed by atoms with Gasteiger partial charge in [-0.1, -0.05) is 23.4 Å². The third kappa shape index (κ3) is 4.25. The number of hydrogen-bond acceptors (Lipinski definition) is 6. The molecule has 0 radical (unpaired) electrons. The molecule has 0 aliphatic carbocycles. The van der Waals surface area contributed by atoms with Crippen molar-refractivity contribution in [1.29, 1.82) is 0 Å². The number of nitrogens with zero attached hydrogens (tertiary/aromatic N) is 3. The van der Waals surface area contributed by atoms with Crippen LogP contribution in [-0.4, -0.2) is 41.7 Å². The van der Waals surface area contributed by atoms with Gasteiger partial charge in [0.2, 0.25) is 5.91 Å². The van der Waals surface area contributed by atoms with Gasteiger partial charge in [0.15, 0.2) is 5.82 Å². The predicted molar refractivity (Wildman–Crippen MR) is 107 cm³/mol. The van der Waals surface area contributed by atoms with Crippen LogP contribution in [0, 0.1) is 0 Å². The van der Waals surface area contributed by atoms with Crippen LogP contribution in [0.15, 0.2) is 47.0 Å². The summed E-state index contributed by atoms with van der Waals surface area (Å²) in [5, 5.41) is 3.99. The topological polar surface area (TPSA) is 77.7 Å². The normalized spacial score (nSPS) is 16.5. The maximum atomic E-state index is 13.3. The van der Waals surface area contributed by atoms with Crippen LogP contribution in [0.2, 0.25) is 0 Å². The Morgan fingerprint density at radius 2 is 1.94 bits per heavy atom. The Morgan fingerprint density at radius 3 is 2.66 bits per heavy atom. The maximum Gasteiger partial charge on any atom is 0.416 e. The molecule has 2 heterocycles. The zero-order valence-electron chi connectivity index (χ0n) is 17.3. The number of carbonyl (C=O) groups is 1. The van der Waals surface area contributed by atoms with Crippen molar-refractivity contribution in [2.45, 2.75) is 25.1 Å². The van der Waals surface area contributed by atoms with Crippen molar-refractivity contribution >= 4 is 5.91 Å². The molecular formula is C22H20F3N3O4. The van der Waals surface area contributed by atoms with Crippen LogP contribution in [0.5, 0.6) is 11.5 Å². The predicted octanol–water partition coefficient (Wildman–Crippen LogP) is 4.29. The van der Waals surface area contributed by atoms with Crippen LogP contribution in [0.25, 0.3) is 11.5 Å². The Hall–Kier alpha value is -3.56. The molecule has 1 aliphatic heterocycles. The van der Waals surface area contributed by atoms with E-state index in [0.717, 1.165) is 6.07 Å². The van der Waals surface area contributed by atoms with Crippen LogP contribution in [0.1, 0.15) is 29.3 Å². The summed E-state index contributed by atoms with van der Waals surface area (Å²) in [5.74, 6) is 0.960. The first kappa shape index (κ1) is 21.7. The third-order valence-electron chi connectivity index (χ3n) is 5.34. The number of halogens is 3. The number of aromatic nitrogens is 2. The zero-order valence-corrected chi connectivity index (χ0v) is 17.3. The fraction of sp³-hybridized carbons (Fsp3) is 0.318. The van der Waals surface area contributed by atoms with Gasteiger partial charge in [-0.05, 0) is 23.8 Å². The summed E-state index contributed by atoms with van der Waals surface area (Å²) >= 11 is 0. The summed E-state index contributed by atoms with van der Waals surface area (Å²) in [6, 6.07) is 10.4. The van der Waals surface area contributed by atoms with Crippen LogP contribution < -0.4 is 9.47 Å². The molecule has 4 rings (SSSR count). The quantitative estimate of drug-likeness (QED) is 0.561. The van der Waals surface area contributed by atoms with E-state index < -0.39 is 11.7 Å². The molecule has 32 heavy (non-hydrogen) atoms. The summed E-state index contributed by atoms with van der Waals surface area (Å²) in [6.45, 7) is 0.0613. The second-order valence-electron chi connectivity index (χ2n) is 7.35. The van der Waals surface area contributed by atoms with Crippen molar-refractivity contribution in [3.05, 3.63) is 59.4 Å². The highest BCUT2D eigenvalue weighted by Crippen LogP contribution is 2.36. The molecule has 3 aromatic rings. The lowest BCUT2D eigenvalue weighted by atomic mass is 10.1. The maximum absolute atomic E-state index is 13.3. The lowest BCUT2D eigenvalue weighted by molar-refractivity contribution is -0.139. The number of benzene rings is 2. The highest BCUT2D eigenvalue weighted by molar-refractivity contribution is 5.79. The number of hydrogen-bond donors (Lipinski definition) is 0. The molecule has 0 bridgehead atoms. The highest BCUT2D eigenvalue weighted by Gasteiger charge is 2.37. The second kappa shape index (κ2) is 8.52. The molecule has 2 aromatic carbocycles. The molecule has 1 aliphatic rings. The van der Waals surface area contributed by atoms with Gasteiger partial charge in [-0.15, -0.1) is 0 Å². The number of ether oxygens (including phenoxy) is 2. The summed E-state index contributed by atoms with van der Waals surface area (Å²) in [7, 11) is 3.04. The summed E-state index contributed by atoms with van der Waals surface area (Å²) in [4.78, 5) is 18.3. The summed E-state index contributed by atoms with van der Waals surface area (Å²) in [6.07, 6.45) is -4.40. The Bertz CT molecular complexity index is 1130. The fourth-order valence-corrected chi connectivity index (χ4v) is 3.72. The Labute approximate surface area is 181 Å². The highest BCUT2D eigenvalue weighted by atomic mass is 19.4. The van der Waals surface area contributed by atoms with E-state index in [2.05, 4.69) is 10.1 Å².